The van der Waals surface area contributed by atoms with Gasteiger partial charge in [-0.05, 0) is 12.8 Å². The fourth-order valence-corrected chi connectivity index (χ4v) is 0.569. The number of hydrogen-bond acceptors (Lipinski definition) is 0. The molecule has 0 saturated heterocycles. The summed E-state index contributed by atoms with van der Waals surface area (Å²) < 4.78 is 0. The largest absolute Gasteiger partial charge is 0.120 e. The summed E-state index contributed by atoms with van der Waals surface area (Å²) in [5.74, 6) is 2.59. The smallest absolute Gasteiger partial charge is 0.0121 e. The second kappa shape index (κ2) is 7.30. The first-order valence-corrected chi connectivity index (χ1v) is 3.50. The van der Waals surface area contributed by atoms with Gasteiger partial charge >= 0.3 is 0 Å². The molecule has 0 aromatic rings. The molecular formula is C9H14. The lowest BCUT2D eigenvalue weighted by atomic mass is 10.2. The molecule has 0 aliphatic carbocycles. The summed E-state index contributed by atoms with van der Waals surface area (Å²) in [5, 5.41) is 0. The van der Waals surface area contributed by atoms with Crippen molar-refractivity contribution in [2.24, 2.45) is 0 Å². The third kappa shape index (κ3) is 7.30. The maximum absolute atomic E-state index is 5.06. The molecule has 0 heteroatoms. The molecule has 0 fully saturated rings. The average molecular weight is 122 g/mol. The molecule has 0 N–H and O–H groups in total. The zero-order chi connectivity index (χ0) is 6.95. The summed E-state index contributed by atoms with van der Waals surface area (Å²) in [4.78, 5) is 0. The van der Waals surface area contributed by atoms with Gasteiger partial charge in [-0.25, -0.2) is 0 Å². The van der Waals surface area contributed by atoms with Gasteiger partial charge in [0, 0.05) is 6.42 Å². The van der Waals surface area contributed by atoms with Crippen molar-refractivity contribution in [2.45, 2.75) is 32.6 Å². The number of hydrogen-bond donors (Lipinski definition) is 0. The minimum absolute atomic E-state index is 0.875. The Morgan fingerprint density at radius 3 is 2.56 bits per heavy atom. The Morgan fingerprint density at radius 2 is 2.00 bits per heavy atom. The highest BCUT2D eigenvalue weighted by Crippen LogP contribution is 1.92. The molecule has 0 atom stereocenters. The molecule has 0 heterocycles. The van der Waals surface area contributed by atoms with Crippen LogP contribution in [0.5, 0.6) is 0 Å². The van der Waals surface area contributed by atoms with Crippen LogP contribution in [-0.4, -0.2) is 0 Å². The predicted molar refractivity (Wildman–Crippen MR) is 42.1 cm³/mol. The standard InChI is InChI=1S/C9H14/c1-3-5-7-9-8-6-4-2/h1,8-9H,4-7H2,2H3/b9-8+. The lowest BCUT2D eigenvalue weighted by molar-refractivity contribution is 0.946. The van der Waals surface area contributed by atoms with Crippen molar-refractivity contribution in [3.05, 3.63) is 12.2 Å². The van der Waals surface area contributed by atoms with Crippen molar-refractivity contribution in [2.75, 3.05) is 0 Å². The van der Waals surface area contributed by atoms with Crippen molar-refractivity contribution >= 4 is 0 Å². The van der Waals surface area contributed by atoms with Gasteiger partial charge in [0.2, 0.25) is 0 Å². The van der Waals surface area contributed by atoms with E-state index in [9.17, 15) is 0 Å². The Labute approximate surface area is 58.0 Å². The van der Waals surface area contributed by atoms with Crippen molar-refractivity contribution < 1.29 is 0 Å². The van der Waals surface area contributed by atoms with Crippen molar-refractivity contribution in [3.8, 4) is 12.3 Å². The van der Waals surface area contributed by atoms with Gasteiger partial charge < -0.3 is 0 Å². The Morgan fingerprint density at radius 1 is 1.33 bits per heavy atom. The summed E-state index contributed by atoms with van der Waals surface area (Å²) in [7, 11) is 0. The Balaban J connectivity index is 2.97. The molecule has 0 aliphatic rings. The van der Waals surface area contributed by atoms with Crippen molar-refractivity contribution in [3.63, 3.8) is 0 Å². The number of unbranched alkanes of at least 4 members (excludes halogenated alkanes) is 2. The van der Waals surface area contributed by atoms with Crippen molar-refractivity contribution in [1.29, 1.82) is 0 Å². The van der Waals surface area contributed by atoms with E-state index in [1.165, 1.54) is 12.8 Å². The fraction of sp³-hybridized carbons (Fsp3) is 0.556. The van der Waals surface area contributed by atoms with Gasteiger partial charge in [-0.2, -0.15) is 0 Å². The maximum Gasteiger partial charge on any atom is 0.0121 e. The summed E-state index contributed by atoms with van der Waals surface area (Å²) in [6.07, 6.45) is 13.7. The highest BCUT2D eigenvalue weighted by molar-refractivity contribution is 4.90. The molecule has 0 aromatic carbocycles. The minimum atomic E-state index is 0.875. The van der Waals surface area contributed by atoms with Crippen LogP contribution in [0.2, 0.25) is 0 Å². The van der Waals surface area contributed by atoms with Gasteiger partial charge in [0.05, 0.1) is 0 Å². The first-order chi connectivity index (χ1) is 4.41. The third-order valence-electron chi connectivity index (χ3n) is 1.08. The summed E-state index contributed by atoms with van der Waals surface area (Å²) in [5.41, 5.74) is 0. The van der Waals surface area contributed by atoms with Crippen LogP contribution >= 0.6 is 0 Å². The zero-order valence-corrected chi connectivity index (χ0v) is 6.06. The molecule has 0 saturated carbocycles. The quantitative estimate of drug-likeness (QED) is 0.305. The Kier molecular flexibility index (Phi) is 6.73. The van der Waals surface area contributed by atoms with Gasteiger partial charge in [0.25, 0.3) is 0 Å². The molecule has 0 aromatic heterocycles. The highest BCUT2D eigenvalue weighted by Gasteiger charge is 1.74. The lowest BCUT2D eigenvalue weighted by Gasteiger charge is -1.83. The molecule has 9 heavy (non-hydrogen) atoms. The van der Waals surface area contributed by atoms with Gasteiger partial charge in [0.1, 0.15) is 0 Å². The van der Waals surface area contributed by atoms with Crippen LogP contribution in [-0.2, 0) is 0 Å². The Bertz CT molecular complexity index is 104. The molecule has 0 radical (unpaired) electrons. The van der Waals surface area contributed by atoms with E-state index in [0.717, 1.165) is 12.8 Å². The van der Waals surface area contributed by atoms with Crippen LogP contribution in [0.3, 0.4) is 0 Å². The van der Waals surface area contributed by atoms with E-state index < -0.39 is 0 Å². The summed E-state index contributed by atoms with van der Waals surface area (Å²) >= 11 is 0. The van der Waals surface area contributed by atoms with Crippen LogP contribution < -0.4 is 0 Å². The SMILES string of the molecule is C#CCC/C=C/CCC. The molecule has 0 bridgehead atoms. The first kappa shape index (κ1) is 8.30. The first-order valence-electron chi connectivity index (χ1n) is 3.50. The predicted octanol–water partition coefficient (Wildman–Crippen LogP) is 2.76. The average Bonchev–Trinajstić information content (AvgIpc) is 1.89. The summed E-state index contributed by atoms with van der Waals surface area (Å²) in [6.45, 7) is 2.17. The Hall–Kier alpha value is -0.700. The molecule has 0 unspecified atom stereocenters. The van der Waals surface area contributed by atoms with E-state index in [-0.39, 0.29) is 0 Å². The second-order valence-electron chi connectivity index (χ2n) is 2.00. The van der Waals surface area contributed by atoms with Gasteiger partial charge in [0.15, 0.2) is 0 Å². The van der Waals surface area contributed by atoms with E-state index in [2.05, 4.69) is 25.0 Å². The van der Waals surface area contributed by atoms with E-state index in [1.807, 2.05) is 0 Å². The minimum Gasteiger partial charge on any atom is -0.120 e. The number of rotatable bonds is 4. The monoisotopic (exact) mass is 122 g/mol. The number of allylic oxidation sites excluding steroid dienone is 2. The molecular weight excluding hydrogens is 108 g/mol. The fourth-order valence-electron chi connectivity index (χ4n) is 0.569. The van der Waals surface area contributed by atoms with E-state index in [0.29, 0.717) is 0 Å². The lowest BCUT2D eigenvalue weighted by Crippen LogP contribution is -1.64. The highest BCUT2D eigenvalue weighted by atomic mass is 13.8. The van der Waals surface area contributed by atoms with Crippen molar-refractivity contribution in [1.82, 2.24) is 0 Å². The molecule has 0 rings (SSSR count). The molecule has 0 aliphatic heterocycles. The molecule has 0 spiro atoms. The van der Waals surface area contributed by atoms with Crippen LogP contribution in [0.4, 0.5) is 0 Å². The number of terminal acetylenes is 1. The van der Waals surface area contributed by atoms with Gasteiger partial charge in [-0.15, -0.1) is 12.3 Å². The third-order valence-corrected chi connectivity index (χ3v) is 1.08. The maximum atomic E-state index is 5.06. The molecule has 0 amide bonds. The van der Waals surface area contributed by atoms with Crippen LogP contribution in [0.15, 0.2) is 12.2 Å². The van der Waals surface area contributed by atoms with E-state index in [4.69, 9.17) is 6.42 Å². The topological polar surface area (TPSA) is 0 Å². The molecule has 50 valence electrons. The van der Waals surface area contributed by atoms with Crippen LogP contribution in [0.25, 0.3) is 0 Å². The summed E-state index contributed by atoms with van der Waals surface area (Å²) in [6, 6.07) is 0. The van der Waals surface area contributed by atoms with Crippen LogP contribution in [0.1, 0.15) is 32.6 Å². The normalized spacial score (nSPS) is 9.78. The zero-order valence-electron chi connectivity index (χ0n) is 6.06. The second-order valence-corrected chi connectivity index (χ2v) is 2.00. The van der Waals surface area contributed by atoms with Gasteiger partial charge in [-0.3, -0.25) is 0 Å². The van der Waals surface area contributed by atoms with Gasteiger partial charge in [-0.1, -0.05) is 25.5 Å². The molecule has 0 nitrogen and oxygen atoms in total. The van der Waals surface area contributed by atoms with E-state index in [1.54, 1.807) is 0 Å². The van der Waals surface area contributed by atoms with Crippen LogP contribution in [0, 0.1) is 12.3 Å². The van der Waals surface area contributed by atoms with E-state index >= 15 is 0 Å².